The van der Waals surface area contributed by atoms with E-state index in [9.17, 15) is 21.6 Å². The van der Waals surface area contributed by atoms with E-state index < -0.39 is 24.9 Å². The number of amides is 1. The van der Waals surface area contributed by atoms with Crippen LogP contribution in [-0.2, 0) is 19.9 Å². The molecule has 4 atom stereocenters. The topological polar surface area (TPSA) is 134 Å². The summed E-state index contributed by atoms with van der Waals surface area (Å²) in [6.45, 7) is 7.37. The molecule has 11 nitrogen and oxygen atoms in total. The lowest BCUT2D eigenvalue weighted by Crippen LogP contribution is -2.54. The second-order valence-electron chi connectivity index (χ2n) is 12.1. The van der Waals surface area contributed by atoms with Crippen molar-refractivity contribution in [3.05, 3.63) is 30.0 Å². The molecule has 4 heterocycles. The second kappa shape index (κ2) is 11.7. The van der Waals surface area contributed by atoms with Crippen LogP contribution >= 0.6 is 0 Å². The second-order valence-corrected chi connectivity index (χ2v) is 16.3. The third-order valence-electron chi connectivity index (χ3n) is 8.43. The summed E-state index contributed by atoms with van der Waals surface area (Å²) in [5.41, 5.74) is 1.46. The van der Waals surface area contributed by atoms with Crippen molar-refractivity contribution in [2.45, 2.75) is 82.6 Å². The van der Waals surface area contributed by atoms with Gasteiger partial charge in [0.2, 0.25) is 10.0 Å². The zero-order valence-electron chi connectivity index (χ0n) is 23.6. The van der Waals surface area contributed by atoms with Crippen LogP contribution in [0.3, 0.4) is 0 Å². The number of nitrogens with one attached hydrogen (secondary N) is 2. The van der Waals surface area contributed by atoms with Crippen LogP contribution in [0.25, 0.3) is 10.9 Å². The van der Waals surface area contributed by atoms with E-state index in [0.717, 1.165) is 68.9 Å². The van der Waals surface area contributed by atoms with Gasteiger partial charge in [0.1, 0.15) is 0 Å². The predicted molar refractivity (Wildman–Crippen MR) is 155 cm³/mol. The van der Waals surface area contributed by atoms with Crippen molar-refractivity contribution < 1.29 is 21.6 Å². The number of likely N-dealkylation sites (tertiary alicyclic amines) is 1. The first-order valence-electron chi connectivity index (χ1n) is 14.3. The Balaban J connectivity index is 1.14. The van der Waals surface area contributed by atoms with Crippen LogP contribution in [-0.4, -0.2) is 104 Å². The molecule has 2 bridgehead atoms. The molecule has 0 aliphatic carbocycles. The number of fused-ring (bicyclic) bond motifs is 3. The Bertz CT molecular complexity index is 1430. The van der Waals surface area contributed by atoms with Crippen molar-refractivity contribution in [1.29, 1.82) is 0 Å². The number of piperidine rings is 2. The van der Waals surface area contributed by atoms with Gasteiger partial charge in [-0.2, -0.15) is 5.10 Å². The molecule has 1 aromatic heterocycles. The lowest BCUT2D eigenvalue weighted by atomic mass is 9.97. The van der Waals surface area contributed by atoms with E-state index in [0.29, 0.717) is 30.7 Å². The van der Waals surface area contributed by atoms with E-state index in [2.05, 4.69) is 38.8 Å². The molecule has 3 aliphatic rings. The van der Waals surface area contributed by atoms with E-state index >= 15 is 0 Å². The third-order valence-corrected chi connectivity index (χ3v) is 12.1. The molecule has 3 saturated heterocycles. The lowest BCUT2D eigenvalue weighted by Gasteiger charge is -2.41. The predicted octanol–water partition coefficient (Wildman–Crippen LogP) is 1.73. The summed E-state index contributed by atoms with van der Waals surface area (Å²) in [6.07, 6.45) is 6.59. The highest BCUT2D eigenvalue weighted by Gasteiger charge is 2.41. The molecule has 5 rings (SSSR count). The fraction of sp³-hybridized carbons (Fsp3) is 0.704. The summed E-state index contributed by atoms with van der Waals surface area (Å²) in [5.74, 6) is -0.105. The Morgan fingerprint density at radius 1 is 1.02 bits per heavy atom. The highest BCUT2D eigenvalue weighted by atomic mass is 32.3. The Kier molecular flexibility index (Phi) is 8.59. The Labute approximate surface area is 237 Å². The number of nitrogens with zero attached hydrogens (tertiary/aromatic N) is 4. The van der Waals surface area contributed by atoms with Gasteiger partial charge in [-0.25, -0.2) is 21.6 Å². The zero-order chi connectivity index (χ0) is 28.7. The molecule has 3 aliphatic heterocycles. The number of para-hydroxylation sites is 1. The van der Waals surface area contributed by atoms with E-state index in [4.69, 9.17) is 0 Å². The van der Waals surface area contributed by atoms with Crippen LogP contribution in [0.2, 0.25) is 0 Å². The molecule has 13 heteroatoms. The molecule has 0 unspecified atom stereocenters. The van der Waals surface area contributed by atoms with Gasteiger partial charge in [0, 0.05) is 61.5 Å². The standard InChI is InChI=1S/C27H42N6O5S2/c1-19(2)33-25-9-5-4-8-24(25)26(29-33)27(34)28-21-15-22-10-11-23(16-21)32(22)14-13-31-12-6-7-20(17-31)30-40(37,38)18-39(3,35)36/h4-5,8-9,19-23,30H,6-7,10-18H2,1-3H3,(H,28,34)/t20-,21-,22-,23+/m0/s1. The van der Waals surface area contributed by atoms with E-state index in [1.807, 2.05) is 28.9 Å². The van der Waals surface area contributed by atoms with Gasteiger partial charge in [-0.3, -0.25) is 14.4 Å². The molecule has 0 radical (unpaired) electrons. The van der Waals surface area contributed by atoms with E-state index in [1.165, 1.54) is 0 Å². The molecule has 2 N–H and O–H groups in total. The quantitative estimate of drug-likeness (QED) is 0.425. The number of aromatic nitrogens is 2. The van der Waals surface area contributed by atoms with E-state index in [-0.39, 0.29) is 24.0 Å². The molecule has 0 spiro atoms. The van der Waals surface area contributed by atoms with Gasteiger partial charge in [0.05, 0.1) is 5.52 Å². The van der Waals surface area contributed by atoms with Crippen LogP contribution in [0.15, 0.2) is 24.3 Å². The summed E-state index contributed by atoms with van der Waals surface area (Å²) < 4.78 is 52.0. The van der Waals surface area contributed by atoms with Gasteiger partial charge >= 0.3 is 0 Å². The Morgan fingerprint density at radius 3 is 2.40 bits per heavy atom. The van der Waals surface area contributed by atoms with Crippen molar-refractivity contribution in [3.8, 4) is 0 Å². The van der Waals surface area contributed by atoms with Crippen molar-refractivity contribution in [2.24, 2.45) is 0 Å². The number of benzene rings is 1. The number of rotatable bonds is 10. The van der Waals surface area contributed by atoms with Crippen LogP contribution in [0.1, 0.15) is 68.9 Å². The van der Waals surface area contributed by atoms with Crippen molar-refractivity contribution >= 4 is 36.7 Å². The maximum absolute atomic E-state index is 13.3. The summed E-state index contributed by atoms with van der Waals surface area (Å²) in [5, 5.41) is 7.96. The average molecular weight is 595 g/mol. The van der Waals surface area contributed by atoms with Gasteiger partial charge < -0.3 is 10.2 Å². The first-order chi connectivity index (χ1) is 18.9. The highest BCUT2D eigenvalue weighted by molar-refractivity contribution is 8.06. The minimum atomic E-state index is -3.87. The SMILES string of the molecule is CC(C)n1nc(C(=O)N[C@@H]2C[C@H]3CC[C@@H](C2)N3CCN2CCC[C@H](NS(=O)(=O)CS(C)(=O)=O)C2)c2ccccc21. The normalized spacial score (nSPS) is 26.5. The highest BCUT2D eigenvalue weighted by Crippen LogP contribution is 2.36. The first-order valence-corrected chi connectivity index (χ1v) is 18.0. The zero-order valence-corrected chi connectivity index (χ0v) is 25.3. The maximum Gasteiger partial charge on any atom is 0.272 e. The average Bonchev–Trinajstić information content (AvgIpc) is 3.36. The number of carbonyl (C=O) groups is 1. The summed E-state index contributed by atoms with van der Waals surface area (Å²) in [7, 11) is -7.49. The molecule has 2 aromatic rings. The van der Waals surface area contributed by atoms with E-state index in [1.54, 1.807) is 0 Å². The largest absolute Gasteiger partial charge is 0.348 e. The van der Waals surface area contributed by atoms with Crippen LogP contribution in [0.4, 0.5) is 0 Å². The molecule has 3 fully saturated rings. The molecule has 222 valence electrons. The molecule has 1 amide bonds. The number of hydrogen-bond donors (Lipinski definition) is 2. The molecule has 1 aromatic carbocycles. The molecular weight excluding hydrogens is 552 g/mol. The molecule has 0 saturated carbocycles. The van der Waals surface area contributed by atoms with Crippen molar-refractivity contribution in [1.82, 2.24) is 29.6 Å². The lowest BCUT2D eigenvalue weighted by molar-refractivity contribution is 0.0785. The smallest absolute Gasteiger partial charge is 0.272 e. The number of hydrogen-bond acceptors (Lipinski definition) is 8. The summed E-state index contributed by atoms with van der Waals surface area (Å²) in [4.78, 5) is 18.2. The number of sulfone groups is 1. The van der Waals surface area contributed by atoms with Gasteiger partial charge in [-0.15, -0.1) is 0 Å². The van der Waals surface area contributed by atoms with Crippen LogP contribution < -0.4 is 10.0 Å². The van der Waals surface area contributed by atoms with Crippen LogP contribution in [0.5, 0.6) is 0 Å². The van der Waals surface area contributed by atoms with Gasteiger partial charge in [0.25, 0.3) is 5.91 Å². The minimum absolute atomic E-state index is 0.105. The first kappa shape index (κ1) is 29.4. The molecule has 40 heavy (non-hydrogen) atoms. The van der Waals surface area contributed by atoms with Gasteiger partial charge in [-0.05, 0) is 65.0 Å². The fourth-order valence-corrected chi connectivity index (χ4v) is 10.1. The van der Waals surface area contributed by atoms with Crippen molar-refractivity contribution in [3.63, 3.8) is 0 Å². The third kappa shape index (κ3) is 6.87. The molecular formula is C27H42N6O5S2. The monoisotopic (exact) mass is 594 g/mol. The summed E-state index contributed by atoms with van der Waals surface area (Å²) in [6, 6.07) is 8.73. The minimum Gasteiger partial charge on any atom is -0.348 e. The van der Waals surface area contributed by atoms with Gasteiger partial charge in [0.15, 0.2) is 20.6 Å². The Morgan fingerprint density at radius 2 is 1.73 bits per heavy atom. The summed E-state index contributed by atoms with van der Waals surface area (Å²) >= 11 is 0. The van der Waals surface area contributed by atoms with Crippen molar-refractivity contribution in [2.75, 3.05) is 37.5 Å². The maximum atomic E-state index is 13.3. The van der Waals surface area contributed by atoms with Gasteiger partial charge in [-0.1, -0.05) is 18.2 Å². The number of carbonyl (C=O) groups excluding carboxylic acids is 1. The Hall–Kier alpha value is -2.06. The fourth-order valence-electron chi connectivity index (χ4n) is 6.84. The number of sulfonamides is 1. The van der Waals surface area contributed by atoms with Crippen LogP contribution in [0, 0.1) is 0 Å².